The van der Waals surface area contributed by atoms with Crippen LogP contribution < -0.4 is 5.73 Å². The number of rotatable bonds is 4. The molecule has 2 N–H and O–H groups in total. The Kier molecular flexibility index (Phi) is 4.34. The summed E-state index contributed by atoms with van der Waals surface area (Å²) in [5.74, 6) is -6.25. The molecule has 0 aromatic heterocycles. The third-order valence-corrected chi connectivity index (χ3v) is 2.58. The highest BCUT2D eigenvalue weighted by Crippen LogP contribution is 2.32. The monoisotopic (exact) mass is 261 g/mol. The Labute approximate surface area is 103 Å². The summed E-state index contributed by atoms with van der Waals surface area (Å²) in [6.07, 6.45) is 0. The van der Waals surface area contributed by atoms with Crippen LogP contribution in [0, 0.1) is 12.7 Å². The summed E-state index contributed by atoms with van der Waals surface area (Å²) >= 11 is 0. The first-order valence-electron chi connectivity index (χ1n) is 5.38. The second kappa shape index (κ2) is 5.39. The number of carbonyl (C=O) groups is 1. The quantitative estimate of drug-likeness (QED) is 0.846. The van der Waals surface area contributed by atoms with Crippen LogP contribution in [0.5, 0.6) is 0 Å². The molecular formula is C12H14F3NO2. The minimum atomic E-state index is -3.89. The van der Waals surface area contributed by atoms with Gasteiger partial charge in [0.2, 0.25) is 0 Å². The minimum absolute atomic E-state index is 0.00558. The van der Waals surface area contributed by atoms with E-state index in [1.54, 1.807) is 0 Å². The van der Waals surface area contributed by atoms with Crippen LogP contribution in [0.2, 0.25) is 0 Å². The average molecular weight is 261 g/mol. The van der Waals surface area contributed by atoms with E-state index in [4.69, 9.17) is 5.73 Å². The molecule has 0 saturated heterocycles. The number of hydrogen-bond acceptors (Lipinski definition) is 3. The van der Waals surface area contributed by atoms with Crippen LogP contribution in [0.3, 0.4) is 0 Å². The van der Waals surface area contributed by atoms with Gasteiger partial charge in [0, 0.05) is 0 Å². The lowest BCUT2D eigenvalue weighted by molar-refractivity contribution is -0.174. The van der Waals surface area contributed by atoms with Crippen LogP contribution >= 0.6 is 0 Å². The fourth-order valence-corrected chi connectivity index (χ4v) is 1.51. The Hall–Kier alpha value is -1.56. The standard InChI is InChI=1S/C12H14F3NO2/c1-3-18-11(17)12(14,15)10(16)8-5-4-6-9(13)7(8)2/h4-6,10H,3,16H2,1-2H3/t10-/m0/s1. The van der Waals surface area contributed by atoms with Crippen LogP contribution in [0.25, 0.3) is 0 Å². The first-order chi connectivity index (χ1) is 8.32. The average Bonchev–Trinajstić information content (AvgIpc) is 2.32. The molecule has 3 nitrogen and oxygen atoms in total. The summed E-state index contributed by atoms with van der Waals surface area (Å²) in [6.45, 7) is 2.56. The van der Waals surface area contributed by atoms with Gasteiger partial charge in [-0.25, -0.2) is 9.18 Å². The van der Waals surface area contributed by atoms with Crippen molar-refractivity contribution in [2.24, 2.45) is 5.73 Å². The normalized spacial score (nSPS) is 13.2. The molecule has 0 amide bonds. The lowest BCUT2D eigenvalue weighted by Gasteiger charge is -2.23. The molecule has 1 aromatic carbocycles. The number of esters is 1. The molecule has 100 valence electrons. The third kappa shape index (κ3) is 2.64. The minimum Gasteiger partial charge on any atom is -0.462 e. The maximum atomic E-state index is 13.7. The van der Waals surface area contributed by atoms with Gasteiger partial charge < -0.3 is 10.5 Å². The van der Waals surface area contributed by atoms with E-state index in [1.165, 1.54) is 26.0 Å². The van der Waals surface area contributed by atoms with Gasteiger partial charge in [0.25, 0.3) is 0 Å². The number of hydrogen-bond donors (Lipinski definition) is 1. The molecule has 1 aromatic rings. The fourth-order valence-electron chi connectivity index (χ4n) is 1.51. The maximum Gasteiger partial charge on any atom is 0.379 e. The molecule has 0 heterocycles. The Balaban J connectivity index is 3.09. The van der Waals surface area contributed by atoms with Gasteiger partial charge in [-0.1, -0.05) is 12.1 Å². The van der Waals surface area contributed by atoms with Gasteiger partial charge in [-0.15, -0.1) is 0 Å². The first-order valence-corrected chi connectivity index (χ1v) is 5.38. The van der Waals surface area contributed by atoms with Crippen LogP contribution in [-0.4, -0.2) is 18.5 Å². The molecule has 0 fully saturated rings. The van der Waals surface area contributed by atoms with Gasteiger partial charge >= 0.3 is 11.9 Å². The molecule has 0 aliphatic carbocycles. The Morgan fingerprint density at radius 2 is 2.11 bits per heavy atom. The van der Waals surface area contributed by atoms with Crippen LogP contribution in [0.1, 0.15) is 24.1 Å². The van der Waals surface area contributed by atoms with Crippen molar-refractivity contribution in [2.45, 2.75) is 25.8 Å². The van der Waals surface area contributed by atoms with E-state index >= 15 is 0 Å². The second-order valence-corrected chi connectivity index (χ2v) is 3.78. The highest BCUT2D eigenvalue weighted by atomic mass is 19.3. The first kappa shape index (κ1) is 14.5. The van der Waals surface area contributed by atoms with Crippen molar-refractivity contribution in [1.82, 2.24) is 0 Å². The Morgan fingerprint density at radius 3 is 2.67 bits per heavy atom. The summed E-state index contributed by atoms with van der Waals surface area (Å²) in [7, 11) is 0. The zero-order valence-corrected chi connectivity index (χ0v) is 10.0. The fraction of sp³-hybridized carbons (Fsp3) is 0.417. The second-order valence-electron chi connectivity index (χ2n) is 3.78. The van der Waals surface area contributed by atoms with E-state index in [2.05, 4.69) is 4.74 Å². The number of carbonyl (C=O) groups excluding carboxylic acids is 1. The topological polar surface area (TPSA) is 52.3 Å². The number of nitrogens with two attached hydrogens (primary N) is 1. The maximum absolute atomic E-state index is 13.7. The van der Waals surface area contributed by atoms with Crippen molar-refractivity contribution in [2.75, 3.05) is 6.61 Å². The highest BCUT2D eigenvalue weighted by molar-refractivity contribution is 5.79. The highest BCUT2D eigenvalue weighted by Gasteiger charge is 2.48. The molecule has 1 rings (SSSR count). The molecule has 6 heteroatoms. The molecule has 0 saturated carbocycles. The van der Waals surface area contributed by atoms with Crippen molar-refractivity contribution >= 4 is 5.97 Å². The van der Waals surface area contributed by atoms with Crippen molar-refractivity contribution in [1.29, 1.82) is 0 Å². The number of benzene rings is 1. The summed E-state index contributed by atoms with van der Waals surface area (Å²) in [5.41, 5.74) is 5.23. The van der Waals surface area contributed by atoms with Gasteiger partial charge in [0.15, 0.2) is 0 Å². The van der Waals surface area contributed by atoms with Crippen molar-refractivity contribution in [3.63, 3.8) is 0 Å². The summed E-state index contributed by atoms with van der Waals surface area (Å²) in [5, 5.41) is 0. The molecule has 0 unspecified atom stereocenters. The largest absolute Gasteiger partial charge is 0.462 e. The Morgan fingerprint density at radius 1 is 1.50 bits per heavy atom. The predicted octanol–water partition coefficient (Wildman–Crippen LogP) is 2.33. The summed E-state index contributed by atoms with van der Waals surface area (Å²) in [6, 6.07) is 1.72. The van der Waals surface area contributed by atoms with Crippen molar-refractivity contribution in [3.8, 4) is 0 Å². The molecule has 0 aliphatic heterocycles. The van der Waals surface area contributed by atoms with Crippen LogP contribution in [-0.2, 0) is 9.53 Å². The van der Waals surface area contributed by atoms with E-state index in [1.807, 2.05) is 0 Å². The lowest BCUT2D eigenvalue weighted by Crippen LogP contribution is -2.42. The molecule has 0 radical (unpaired) electrons. The number of ether oxygens (including phenoxy) is 1. The molecule has 0 bridgehead atoms. The predicted molar refractivity (Wildman–Crippen MR) is 59.6 cm³/mol. The van der Waals surface area contributed by atoms with Gasteiger partial charge in [-0.05, 0) is 31.0 Å². The zero-order chi connectivity index (χ0) is 13.9. The van der Waals surface area contributed by atoms with Gasteiger partial charge in [0.05, 0.1) is 6.61 Å². The van der Waals surface area contributed by atoms with Crippen molar-refractivity contribution < 1.29 is 22.7 Å². The third-order valence-electron chi connectivity index (χ3n) is 2.58. The SMILES string of the molecule is CCOC(=O)C(F)(F)[C@@H](N)c1cccc(F)c1C. The lowest BCUT2D eigenvalue weighted by atomic mass is 9.96. The number of alkyl halides is 2. The van der Waals surface area contributed by atoms with E-state index < -0.39 is 23.8 Å². The van der Waals surface area contributed by atoms with E-state index in [9.17, 15) is 18.0 Å². The smallest absolute Gasteiger partial charge is 0.379 e. The van der Waals surface area contributed by atoms with Crippen molar-refractivity contribution in [3.05, 3.63) is 35.1 Å². The van der Waals surface area contributed by atoms with Gasteiger partial charge in [0.1, 0.15) is 11.9 Å². The van der Waals surface area contributed by atoms with Crippen LogP contribution in [0.15, 0.2) is 18.2 Å². The summed E-state index contributed by atoms with van der Waals surface area (Å²) in [4.78, 5) is 11.1. The molecule has 18 heavy (non-hydrogen) atoms. The van der Waals surface area contributed by atoms with Gasteiger partial charge in [-0.3, -0.25) is 0 Å². The van der Waals surface area contributed by atoms with E-state index in [-0.39, 0.29) is 17.7 Å². The number of halogens is 3. The molecular weight excluding hydrogens is 247 g/mol. The van der Waals surface area contributed by atoms with Gasteiger partial charge in [-0.2, -0.15) is 8.78 Å². The van der Waals surface area contributed by atoms with E-state index in [0.717, 1.165) is 6.07 Å². The Bertz CT molecular complexity index is 449. The summed E-state index contributed by atoms with van der Waals surface area (Å²) < 4.78 is 44.9. The molecule has 0 aliphatic rings. The molecule has 1 atom stereocenters. The van der Waals surface area contributed by atoms with Crippen LogP contribution in [0.4, 0.5) is 13.2 Å². The zero-order valence-electron chi connectivity index (χ0n) is 10.0. The van der Waals surface area contributed by atoms with E-state index in [0.29, 0.717) is 0 Å². The molecule has 0 spiro atoms.